The molecule has 1 aromatic heterocycles. The molecule has 2 N–H and O–H groups in total. The molecule has 0 spiro atoms. The molecule has 0 unspecified atom stereocenters. The number of nitrogens with zero attached hydrogens (tertiary/aromatic N) is 2. The quantitative estimate of drug-likeness (QED) is 0.887. The predicted molar refractivity (Wildman–Crippen MR) is 77.3 cm³/mol. The number of hydrogen-bond acceptors (Lipinski definition) is 3. The van der Waals surface area contributed by atoms with E-state index in [9.17, 15) is 4.79 Å². The van der Waals surface area contributed by atoms with Crippen LogP contribution < -0.4 is 10.2 Å². The van der Waals surface area contributed by atoms with E-state index < -0.39 is 0 Å². The van der Waals surface area contributed by atoms with E-state index >= 15 is 0 Å². The molecule has 5 nitrogen and oxygen atoms in total. The van der Waals surface area contributed by atoms with Crippen molar-refractivity contribution in [3.8, 4) is 0 Å². The predicted octanol–water partition coefficient (Wildman–Crippen LogP) is 1.61. The van der Waals surface area contributed by atoms with Gasteiger partial charge >= 0.3 is 0 Å². The van der Waals surface area contributed by atoms with E-state index in [1.807, 2.05) is 6.20 Å². The first-order valence-electron chi connectivity index (χ1n) is 6.81. The van der Waals surface area contributed by atoms with E-state index in [1.54, 1.807) is 6.33 Å². The number of carbonyl (C=O) groups is 1. The average molecular weight is 270 g/mol. The van der Waals surface area contributed by atoms with E-state index in [0.29, 0.717) is 6.54 Å². The third-order valence-corrected chi connectivity index (χ3v) is 3.60. The van der Waals surface area contributed by atoms with Gasteiger partial charge in [-0.1, -0.05) is 12.1 Å². The summed E-state index contributed by atoms with van der Waals surface area (Å²) < 4.78 is 0. The highest BCUT2D eigenvalue weighted by molar-refractivity contribution is 5.73. The molecule has 5 heteroatoms. The highest BCUT2D eigenvalue weighted by Gasteiger charge is 2.19. The van der Waals surface area contributed by atoms with Crippen LogP contribution in [0, 0.1) is 0 Å². The number of hydrogen-bond donors (Lipinski definition) is 2. The number of imidazole rings is 1. The number of benzene rings is 1. The summed E-state index contributed by atoms with van der Waals surface area (Å²) in [6.45, 7) is 3.99. The highest BCUT2D eigenvalue weighted by atomic mass is 16.1. The molecular formula is C15H18N4O. The Morgan fingerprint density at radius 1 is 1.50 bits per heavy atom. The van der Waals surface area contributed by atoms with Gasteiger partial charge < -0.3 is 15.2 Å². The van der Waals surface area contributed by atoms with Crippen molar-refractivity contribution in [2.45, 2.75) is 26.4 Å². The first-order valence-corrected chi connectivity index (χ1v) is 6.81. The van der Waals surface area contributed by atoms with Crippen molar-refractivity contribution >= 4 is 11.6 Å². The zero-order chi connectivity index (χ0) is 13.9. The Labute approximate surface area is 118 Å². The molecule has 2 aromatic rings. The molecule has 1 amide bonds. The maximum Gasteiger partial charge on any atom is 0.217 e. The third-order valence-electron chi connectivity index (χ3n) is 3.60. The number of aromatic nitrogens is 2. The number of nitrogens with one attached hydrogen (secondary N) is 2. The first-order chi connectivity index (χ1) is 9.72. The van der Waals surface area contributed by atoms with Crippen molar-refractivity contribution < 1.29 is 4.79 Å². The average Bonchev–Trinajstić information content (AvgIpc) is 3.07. The zero-order valence-electron chi connectivity index (χ0n) is 11.5. The molecule has 1 aliphatic heterocycles. The Morgan fingerprint density at radius 2 is 2.40 bits per heavy atom. The van der Waals surface area contributed by atoms with Crippen molar-refractivity contribution in [1.82, 2.24) is 15.3 Å². The minimum atomic E-state index is -0.000172. The Morgan fingerprint density at radius 3 is 3.15 bits per heavy atom. The van der Waals surface area contributed by atoms with Gasteiger partial charge in [0.05, 0.1) is 18.6 Å². The molecule has 0 saturated heterocycles. The van der Waals surface area contributed by atoms with E-state index in [0.717, 1.165) is 30.8 Å². The molecule has 3 rings (SSSR count). The second kappa shape index (κ2) is 5.36. The lowest BCUT2D eigenvalue weighted by Gasteiger charge is -2.19. The van der Waals surface area contributed by atoms with Crippen LogP contribution in [0.2, 0.25) is 0 Å². The lowest BCUT2D eigenvalue weighted by Crippen LogP contribution is -2.21. The van der Waals surface area contributed by atoms with Gasteiger partial charge in [-0.2, -0.15) is 0 Å². The van der Waals surface area contributed by atoms with Gasteiger partial charge in [-0.25, -0.2) is 4.98 Å². The Kier molecular flexibility index (Phi) is 3.41. The van der Waals surface area contributed by atoms with Crippen molar-refractivity contribution in [2.24, 2.45) is 0 Å². The number of aromatic amines is 1. The summed E-state index contributed by atoms with van der Waals surface area (Å²) in [5.41, 5.74) is 4.89. The van der Waals surface area contributed by atoms with Crippen LogP contribution in [0.25, 0.3) is 0 Å². The largest absolute Gasteiger partial charge is 0.365 e. The Hall–Kier alpha value is -2.30. The maximum atomic E-state index is 11.0. The Bertz CT molecular complexity index is 606. The van der Waals surface area contributed by atoms with Gasteiger partial charge in [0.15, 0.2) is 0 Å². The number of rotatable bonds is 4. The lowest BCUT2D eigenvalue weighted by molar-refractivity contribution is -0.119. The van der Waals surface area contributed by atoms with Gasteiger partial charge in [-0.05, 0) is 23.6 Å². The molecule has 1 aromatic carbocycles. The summed E-state index contributed by atoms with van der Waals surface area (Å²) in [7, 11) is 0. The third kappa shape index (κ3) is 2.66. The van der Waals surface area contributed by atoms with Crippen LogP contribution in [0.15, 0.2) is 30.7 Å². The fourth-order valence-electron chi connectivity index (χ4n) is 2.57. The number of fused-ring (bicyclic) bond motifs is 1. The maximum absolute atomic E-state index is 11.0. The summed E-state index contributed by atoms with van der Waals surface area (Å²) in [6.07, 6.45) is 4.64. The molecule has 2 heterocycles. The molecule has 0 bridgehead atoms. The fraction of sp³-hybridized carbons (Fsp3) is 0.333. The summed E-state index contributed by atoms with van der Waals surface area (Å²) in [5.74, 6) is -0.000172. The van der Waals surface area contributed by atoms with Crippen LogP contribution in [0.1, 0.15) is 23.7 Å². The van der Waals surface area contributed by atoms with Gasteiger partial charge in [-0.15, -0.1) is 0 Å². The molecule has 0 aliphatic carbocycles. The van der Waals surface area contributed by atoms with Gasteiger partial charge in [0, 0.05) is 31.9 Å². The van der Waals surface area contributed by atoms with Crippen LogP contribution in [-0.4, -0.2) is 22.4 Å². The van der Waals surface area contributed by atoms with Crippen molar-refractivity contribution in [2.75, 3.05) is 11.4 Å². The Balaban J connectivity index is 1.76. The van der Waals surface area contributed by atoms with Crippen LogP contribution in [0.3, 0.4) is 0 Å². The standard InChI is InChI=1S/C15H18N4O/c1-11(20)17-7-12-2-3-13-4-5-19(15(13)6-12)9-14-8-16-10-18-14/h2-3,6,8,10H,4-5,7,9H2,1H3,(H,16,18)(H,17,20). The molecule has 0 saturated carbocycles. The lowest BCUT2D eigenvalue weighted by atomic mass is 10.1. The van der Waals surface area contributed by atoms with E-state index in [1.165, 1.54) is 18.2 Å². The van der Waals surface area contributed by atoms with Gasteiger partial charge in [-0.3, -0.25) is 4.79 Å². The summed E-state index contributed by atoms with van der Waals surface area (Å²) in [4.78, 5) is 20.5. The van der Waals surface area contributed by atoms with Crippen molar-refractivity contribution in [3.05, 3.63) is 47.5 Å². The normalized spacial score (nSPS) is 13.3. The first kappa shape index (κ1) is 12.7. The number of anilines is 1. The summed E-state index contributed by atoms with van der Waals surface area (Å²) in [5, 5.41) is 2.84. The monoisotopic (exact) mass is 270 g/mol. The molecule has 0 radical (unpaired) electrons. The minimum absolute atomic E-state index is 0.000172. The van der Waals surface area contributed by atoms with E-state index in [-0.39, 0.29) is 5.91 Å². The second-order valence-electron chi connectivity index (χ2n) is 5.12. The zero-order valence-corrected chi connectivity index (χ0v) is 11.5. The van der Waals surface area contributed by atoms with Crippen molar-refractivity contribution in [3.63, 3.8) is 0 Å². The molecule has 0 fully saturated rings. The van der Waals surface area contributed by atoms with Gasteiger partial charge in [0.2, 0.25) is 5.91 Å². The number of H-pyrrole nitrogens is 1. The highest BCUT2D eigenvalue weighted by Crippen LogP contribution is 2.30. The molecular weight excluding hydrogens is 252 g/mol. The SMILES string of the molecule is CC(=O)NCc1ccc2c(c1)N(Cc1cnc[nH]1)CC2. The van der Waals surface area contributed by atoms with Crippen molar-refractivity contribution in [1.29, 1.82) is 0 Å². The second-order valence-corrected chi connectivity index (χ2v) is 5.12. The molecule has 1 aliphatic rings. The molecule has 0 atom stereocenters. The molecule has 104 valence electrons. The van der Waals surface area contributed by atoms with Crippen LogP contribution >= 0.6 is 0 Å². The van der Waals surface area contributed by atoms with Crippen LogP contribution in [0.4, 0.5) is 5.69 Å². The smallest absolute Gasteiger partial charge is 0.217 e. The van der Waals surface area contributed by atoms with Crippen LogP contribution in [0.5, 0.6) is 0 Å². The van der Waals surface area contributed by atoms with E-state index in [4.69, 9.17) is 0 Å². The minimum Gasteiger partial charge on any atom is -0.365 e. The number of carbonyl (C=O) groups excluding carboxylic acids is 1. The fourth-order valence-corrected chi connectivity index (χ4v) is 2.57. The number of amides is 1. The molecule has 20 heavy (non-hydrogen) atoms. The van der Waals surface area contributed by atoms with Crippen LogP contribution in [-0.2, 0) is 24.3 Å². The topological polar surface area (TPSA) is 61.0 Å². The van der Waals surface area contributed by atoms with E-state index in [2.05, 4.69) is 38.4 Å². The summed E-state index contributed by atoms with van der Waals surface area (Å²) in [6, 6.07) is 6.43. The van der Waals surface area contributed by atoms with Gasteiger partial charge in [0.25, 0.3) is 0 Å². The summed E-state index contributed by atoms with van der Waals surface area (Å²) >= 11 is 0. The van der Waals surface area contributed by atoms with Gasteiger partial charge in [0.1, 0.15) is 0 Å².